The highest BCUT2D eigenvalue weighted by Gasteiger charge is 2.71. The first-order chi connectivity index (χ1) is 20.0. The van der Waals surface area contributed by atoms with Crippen molar-refractivity contribution < 1.29 is 29.0 Å². The van der Waals surface area contributed by atoms with Crippen LogP contribution in [0.25, 0.3) is 0 Å². The fourth-order valence-electron chi connectivity index (χ4n) is 6.72. The molecule has 0 aliphatic carbocycles. The molecule has 1 unspecified atom stereocenters. The van der Waals surface area contributed by atoms with E-state index in [1.165, 1.54) is 11.8 Å². The van der Waals surface area contributed by atoms with E-state index in [0.29, 0.717) is 24.6 Å². The van der Waals surface area contributed by atoms with Gasteiger partial charge in [-0.05, 0) is 49.1 Å². The normalized spacial score (nSPS) is 31.0. The summed E-state index contributed by atoms with van der Waals surface area (Å²) >= 11 is 1.50. The van der Waals surface area contributed by atoms with E-state index >= 15 is 0 Å². The van der Waals surface area contributed by atoms with Crippen LogP contribution >= 0.6 is 11.8 Å². The molecule has 2 amide bonds. The molecule has 41 heavy (non-hydrogen) atoms. The minimum Gasteiger partial charge on any atom is -0.497 e. The number of nitrogens with zero attached hydrogens (tertiary/aromatic N) is 2. The van der Waals surface area contributed by atoms with Crippen molar-refractivity contribution in [1.29, 1.82) is 0 Å². The number of carbonyl (C=O) groups excluding carboxylic acids is 3. The second-order valence-corrected chi connectivity index (χ2v) is 12.3. The Morgan fingerprint density at radius 1 is 1.05 bits per heavy atom. The molecule has 2 saturated heterocycles. The Bertz CT molecular complexity index is 1360. The second-order valence-electron chi connectivity index (χ2n) is 10.8. The van der Waals surface area contributed by atoms with Crippen LogP contribution in [-0.4, -0.2) is 70.7 Å². The molecule has 0 bridgehead atoms. The van der Waals surface area contributed by atoms with E-state index in [-0.39, 0.29) is 23.7 Å². The van der Waals surface area contributed by atoms with Gasteiger partial charge >= 0.3 is 5.97 Å². The van der Waals surface area contributed by atoms with Gasteiger partial charge in [0.15, 0.2) is 0 Å². The highest BCUT2D eigenvalue weighted by Crippen LogP contribution is 2.62. The maximum absolute atomic E-state index is 14.7. The standard InChI is InChI=1S/C32H34N2O6S/c1-39-23-15-13-22(14-16-23)33-18-9-17-32-27(26-25(41-32)12-7-2-3-8-19-40-31(26)38)29(36)34(28(32)30(33)37)24(20-35)21-10-5-4-6-11-21/h4-7,9-17,24-28,35H,2-3,8,18-20H2,1H3/b12-7-/t24-,25-,26+,27+,28?,32+/m1/s1. The van der Waals surface area contributed by atoms with Crippen LogP contribution in [0.4, 0.5) is 5.69 Å². The van der Waals surface area contributed by atoms with Crippen LogP contribution < -0.4 is 9.64 Å². The van der Waals surface area contributed by atoms with Gasteiger partial charge in [-0.3, -0.25) is 14.4 Å². The number of allylic oxidation sites excluding steroid dienone is 1. The summed E-state index contributed by atoms with van der Waals surface area (Å²) in [5.41, 5.74) is 1.40. The molecule has 0 aromatic heterocycles. The number of cyclic esters (lactones) is 1. The molecular formula is C32H34N2O6S. The summed E-state index contributed by atoms with van der Waals surface area (Å²) in [4.78, 5) is 46.1. The smallest absolute Gasteiger partial charge is 0.311 e. The van der Waals surface area contributed by atoms with Crippen LogP contribution in [0.3, 0.4) is 0 Å². The lowest BCUT2D eigenvalue weighted by Gasteiger charge is -2.38. The molecule has 2 aromatic rings. The molecule has 4 heterocycles. The lowest BCUT2D eigenvalue weighted by atomic mass is 9.78. The number of likely N-dealkylation sites (tertiary alicyclic amines) is 1. The Kier molecular flexibility index (Phi) is 7.66. The number of anilines is 1. The number of esters is 1. The molecule has 0 radical (unpaired) electrons. The van der Waals surface area contributed by atoms with Crippen LogP contribution in [0.15, 0.2) is 78.9 Å². The first-order valence-corrected chi connectivity index (χ1v) is 15.0. The summed E-state index contributed by atoms with van der Waals surface area (Å²) in [6.07, 6.45) is 10.6. The van der Waals surface area contributed by atoms with Gasteiger partial charge in [0.25, 0.3) is 5.91 Å². The van der Waals surface area contributed by atoms with E-state index in [9.17, 15) is 19.5 Å². The van der Waals surface area contributed by atoms with Crippen molar-refractivity contribution in [3.05, 3.63) is 84.5 Å². The molecule has 2 fully saturated rings. The van der Waals surface area contributed by atoms with Gasteiger partial charge in [-0.25, -0.2) is 0 Å². The molecule has 0 saturated carbocycles. The van der Waals surface area contributed by atoms with Crippen molar-refractivity contribution in [2.75, 3.05) is 31.8 Å². The van der Waals surface area contributed by atoms with Crippen LogP contribution in [0.1, 0.15) is 30.9 Å². The predicted octanol–water partition coefficient (Wildman–Crippen LogP) is 3.91. The number of rotatable bonds is 5. The van der Waals surface area contributed by atoms with E-state index < -0.39 is 34.6 Å². The van der Waals surface area contributed by atoms with Gasteiger partial charge in [-0.15, -0.1) is 11.8 Å². The van der Waals surface area contributed by atoms with Crippen LogP contribution in [0.5, 0.6) is 5.75 Å². The van der Waals surface area contributed by atoms with E-state index in [1.54, 1.807) is 29.0 Å². The fourth-order valence-corrected chi connectivity index (χ4v) is 8.70. The van der Waals surface area contributed by atoms with Crippen LogP contribution in [-0.2, 0) is 19.1 Å². The van der Waals surface area contributed by atoms with Gasteiger partial charge in [-0.1, -0.05) is 54.6 Å². The summed E-state index contributed by atoms with van der Waals surface area (Å²) in [6.45, 7) is 0.256. The quantitative estimate of drug-likeness (QED) is 0.427. The van der Waals surface area contributed by atoms with E-state index in [1.807, 2.05) is 60.7 Å². The van der Waals surface area contributed by atoms with E-state index in [0.717, 1.165) is 24.8 Å². The zero-order valence-corrected chi connectivity index (χ0v) is 23.7. The number of hydrogen-bond donors (Lipinski definition) is 1. The molecule has 4 aliphatic rings. The van der Waals surface area contributed by atoms with Gasteiger partial charge < -0.3 is 24.4 Å². The maximum atomic E-state index is 14.7. The lowest BCUT2D eigenvalue weighted by Crippen LogP contribution is -2.54. The van der Waals surface area contributed by atoms with Crippen molar-refractivity contribution in [2.45, 2.75) is 41.3 Å². The van der Waals surface area contributed by atoms with Crippen LogP contribution in [0, 0.1) is 11.8 Å². The monoisotopic (exact) mass is 574 g/mol. The Hall–Kier alpha value is -3.56. The summed E-state index contributed by atoms with van der Waals surface area (Å²) < 4.78 is 10.0. The molecule has 8 nitrogen and oxygen atoms in total. The third-order valence-corrected chi connectivity index (χ3v) is 10.4. The van der Waals surface area contributed by atoms with Gasteiger partial charge in [0.1, 0.15) is 11.8 Å². The average Bonchev–Trinajstić information content (AvgIpc) is 3.39. The zero-order valence-electron chi connectivity index (χ0n) is 22.9. The number of carbonyl (C=O) groups is 3. The van der Waals surface area contributed by atoms with Gasteiger partial charge in [0.05, 0.1) is 42.9 Å². The Morgan fingerprint density at radius 3 is 2.56 bits per heavy atom. The van der Waals surface area contributed by atoms with E-state index in [4.69, 9.17) is 9.47 Å². The fraction of sp³-hybridized carbons (Fsp3) is 0.406. The Morgan fingerprint density at radius 2 is 1.83 bits per heavy atom. The second kappa shape index (κ2) is 11.4. The number of benzene rings is 2. The number of methoxy groups -OCH3 is 1. The number of thioether (sulfide) groups is 1. The number of amides is 2. The van der Waals surface area contributed by atoms with Crippen molar-refractivity contribution in [3.63, 3.8) is 0 Å². The van der Waals surface area contributed by atoms with Crippen molar-refractivity contribution in [1.82, 2.24) is 4.90 Å². The lowest BCUT2D eigenvalue weighted by molar-refractivity contribution is -0.153. The number of aliphatic hydroxyl groups excluding tert-OH is 1. The highest BCUT2D eigenvalue weighted by molar-refractivity contribution is 8.02. The molecule has 6 rings (SSSR count). The first-order valence-electron chi connectivity index (χ1n) is 14.1. The van der Waals surface area contributed by atoms with Crippen molar-refractivity contribution in [3.8, 4) is 5.75 Å². The molecular weight excluding hydrogens is 540 g/mol. The van der Waals surface area contributed by atoms with Gasteiger partial charge in [-0.2, -0.15) is 0 Å². The average molecular weight is 575 g/mol. The first kappa shape index (κ1) is 27.6. The third-order valence-electron chi connectivity index (χ3n) is 8.62. The summed E-state index contributed by atoms with van der Waals surface area (Å²) in [7, 11) is 1.59. The molecule has 6 atom stereocenters. The molecule has 9 heteroatoms. The third kappa shape index (κ3) is 4.65. The Labute approximate surface area is 244 Å². The molecule has 1 N–H and O–H groups in total. The molecule has 2 aromatic carbocycles. The summed E-state index contributed by atoms with van der Waals surface area (Å²) in [5, 5.41) is 10.4. The summed E-state index contributed by atoms with van der Waals surface area (Å²) in [5.74, 6) is -1.84. The minimum absolute atomic E-state index is 0.251. The van der Waals surface area contributed by atoms with Crippen molar-refractivity contribution in [2.24, 2.45) is 11.8 Å². The SMILES string of the molecule is COc1ccc(N2CC=C[C@]34S[C@@H]5/C=C\CCCCOC(=O)[C@@H]5[C@H]3C(=O)N([C@H](CO)c3ccccc3)C4C2=O)cc1. The number of hydrogen-bond acceptors (Lipinski definition) is 7. The largest absolute Gasteiger partial charge is 0.497 e. The number of ether oxygens (including phenoxy) is 2. The molecule has 4 aliphatic heterocycles. The van der Waals surface area contributed by atoms with Crippen molar-refractivity contribution >= 4 is 35.2 Å². The predicted molar refractivity (Wildman–Crippen MR) is 156 cm³/mol. The molecule has 1 spiro atoms. The Balaban J connectivity index is 1.49. The van der Waals surface area contributed by atoms with Crippen LogP contribution in [0.2, 0.25) is 0 Å². The minimum atomic E-state index is -1.01. The van der Waals surface area contributed by atoms with Gasteiger partial charge in [0, 0.05) is 17.5 Å². The van der Waals surface area contributed by atoms with E-state index in [2.05, 4.69) is 6.08 Å². The van der Waals surface area contributed by atoms with Gasteiger partial charge in [0.2, 0.25) is 5.91 Å². The zero-order chi connectivity index (χ0) is 28.6. The summed E-state index contributed by atoms with van der Waals surface area (Å²) in [6, 6.07) is 14.8. The molecule has 214 valence electrons. The highest BCUT2D eigenvalue weighted by atomic mass is 32.2. The maximum Gasteiger partial charge on any atom is 0.311 e. The number of fused-ring (bicyclic) bond motifs is 2. The topological polar surface area (TPSA) is 96.4 Å². The number of aliphatic hydroxyl groups is 1.